The fraction of sp³-hybridized carbons (Fsp3) is 0.409. The van der Waals surface area contributed by atoms with Crippen molar-refractivity contribution in [3.63, 3.8) is 0 Å². The highest BCUT2D eigenvalue weighted by Crippen LogP contribution is 2.41. The van der Waals surface area contributed by atoms with Gasteiger partial charge >= 0.3 is 0 Å². The molecule has 4 nitrogen and oxygen atoms in total. The molecule has 3 rings (SSSR count). The first-order valence-corrected chi connectivity index (χ1v) is 11.2. The maximum absolute atomic E-state index is 14.1. The van der Waals surface area contributed by atoms with Crippen LogP contribution in [0.5, 0.6) is 0 Å². The summed E-state index contributed by atoms with van der Waals surface area (Å²) < 4.78 is 70.9. The SMILES string of the molecule is CCCN1C(=O)CC(C)(C)c2cc(N[S+]([O-])Cc3c(F)c(F)c(C)c(F)c3F)ccc21. The Morgan fingerprint density at radius 3 is 2.32 bits per heavy atom. The number of hydrogen-bond acceptors (Lipinski definition) is 3. The minimum atomic E-state index is -2.05. The van der Waals surface area contributed by atoms with Crippen LogP contribution in [0.2, 0.25) is 0 Å². The van der Waals surface area contributed by atoms with Gasteiger partial charge in [-0.05, 0) is 37.1 Å². The largest absolute Gasteiger partial charge is 0.593 e. The number of carbonyl (C=O) groups excluding carboxylic acids is 1. The first kappa shape index (κ1) is 23.4. The van der Waals surface area contributed by atoms with Crippen LogP contribution in [0.1, 0.15) is 50.3 Å². The molecule has 1 heterocycles. The number of nitrogens with zero attached hydrogens (tertiary/aromatic N) is 1. The molecule has 2 aromatic rings. The molecule has 1 amide bonds. The Bertz CT molecular complexity index is 1000. The third-order valence-electron chi connectivity index (χ3n) is 5.44. The van der Waals surface area contributed by atoms with Crippen LogP contribution < -0.4 is 9.62 Å². The van der Waals surface area contributed by atoms with E-state index in [1.165, 1.54) is 0 Å². The summed E-state index contributed by atoms with van der Waals surface area (Å²) in [6.07, 6.45) is 1.10. The molecule has 1 N–H and O–H groups in total. The Balaban J connectivity index is 1.87. The van der Waals surface area contributed by atoms with E-state index in [9.17, 15) is 26.9 Å². The number of carbonyl (C=O) groups is 1. The molecule has 1 aliphatic rings. The van der Waals surface area contributed by atoms with Gasteiger partial charge in [-0.1, -0.05) is 20.8 Å². The van der Waals surface area contributed by atoms with Gasteiger partial charge in [0, 0.05) is 29.6 Å². The Morgan fingerprint density at radius 2 is 1.74 bits per heavy atom. The smallest absolute Gasteiger partial charge is 0.227 e. The third-order valence-corrected chi connectivity index (χ3v) is 6.45. The summed E-state index contributed by atoms with van der Waals surface area (Å²) in [6, 6.07) is 5.08. The predicted octanol–water partition coefficient (Wildman–Crippen LogP) is 5.25. The van der Waals surface area contributed by atoms with Gasteiger partial charge in [-0.2, -0.15) is 0 Å². The van der Waals surface area contributed by atoms with Crippen molar-refractivity contribution in [3.8, 4) is 0 Å². The van der Waals surface area contributed by atoms with Gasteiger partial charge in [0.1, 0.15) is 0 Å². The summed E-state index contributed by atoms with van der Waals surface area (Å²) in [6.45, 7) is 7.33. The molecule has 9 heteroatoms. The standard InChI is InChI=1S/C22H24F4N2O2S/c1-5-8-28-16-7-6-13(9-15(16)22(3,4)10-17(28)29)27-31(30)11-14-20(25)18(23)12(2)19(24)21(14)26/h6-7,9,27H,5,8,10-11H2,1-4H3. The van der Waals surface area contributed by atoms with Crippen molar-refractivity contribution < 1.29 is 26.9 Å². The zero-order valence-electron chi connectivity index (χ0n) is 17.7. The van der Waals surface area contributed by atoms with Crippen molar-refractivity contribution in [2.45, 2.75) is 51.7 Å². The highest BCUT2D eigenvalue weighted by Gasteiger charge is 2.36. The molecule has 0 saturated heterocycles. The molecule has 31 heavy (non-hydrogen) atoms. The maximum atomic E-state index is 14.1. The van der Waals surface area contributed by atoms with Gasteiger partial charge in [-0.3, -0.25) is 4.79 Å². The Morgan fingerprint density at radius 1 is 1.13 bits per heavy atom. The topological polar surface area (TPSA) is 55.4 Å². The van der Waals surface area contributed by atoms with Gasteiger partial charge in [0.05, 0.1) is 22.6 Å². The van der Waals surface area contributed by atoms with E-state index in [1.54, 1.807) is 23.1 Å². The van der Waals surface area contributed by atoms with Crippen LogP contribution in [-0.4, -0.2) is 17.0 Å². The van der Waals surface area contributed by atoms with E-state index in [1.807, 2.05) is 20.8 Å². The zero-order chi connectivity index (χ0) is 23.1. The fourth-order valence-corrected chi connectivity index (χ4v) is 4.74. The van der Waals surface area contributed by atoms with Crippen LogP contribution in [-0.2, 0) is 27.3 Å². The minimum absolute atomic E-state index is 0.0259. The number of rotatable bonds is 6. The number of nitrogens with one attached hydrogen (secondary N) is 1. The lowest BCUT2D eigenvalue weighted by Gasteiger charge is -2.38. The van der Waals surface area contributed by atoms with Crippen molar-refractivity contribution >= 4 is 28.6 Å². The average Bonchev–Trinajstić information content (AvgIpc) is 2.71. The average molecular weight is 457 g/mol. The molecule has 1 aliphatic heterocycles. The highest BCUT2D eigenvalue weighted by molar-refractivity contribution is 7.91. The number of hydrogen-bond donors (Lipinski definition) is 1. The van der Waals surface area contributed by atoms with E-state index in [2.05, 4.69) is 4.72 Å². The van der Waals surface area contributed by atoms with Crippen molar-refractivity contribution in [2.24, 2.45) is 0 Å². The van der Waals surface area contributed by atoms with Crippen LogP contribution in [0, 0.1) is 30.2 Å². The Labute approximate surface area is 181 Å². The summed E-state index contributed by atoms with van der Waals surface area (Å²) in [5.74, 6) is -6.83. The highest BCUT2D eigenvalue weighted by atomic mass is 32.2. The van der Waals surface area contributed by atoms with E-state index in [-0.39, 0.29) is 5.91 Å². The molecule has 0 fully saturated rings. The fourth-order valence-electron chi connectivity index (χ4n) is 3.76. The van der Waals surface area contributed by atoms with Crippen LogP contribution in [0.3, 0.4) is 0 Å². The molecule has 0 saturated carbocycles. The molecule has 168 valence electrons. The molecule has 0 aliphatic carbocycles. The molecular formula is C22H24F4N2O2S. The van der Waals surface area contributed by atoms with Gasteiger partial charge in [0.15, 0.2) is 29.0 Å². The van der Waals surface area contributed by atoms with E-state index < -0.39 is 56.9 Å². The van der Waals surface area contributed by atoms with Crippen molar-refractivity contribution in [1.29, 1.82) is 0 Å². The predicted molar refractivity (Wildman–Crippen MR) is 113 cm³/mol. The quantitative estimate of drug-likeness (QED) is 0.367. The second-order valence-corrected chi connectivity index (χ2v) is 9.47. The van der Waals surface area contributed by atoms with Gasteiger partial charge < -0.3 is 9.45 Å². The summed E-state index contributed by atoms with van der Waals surface area (Å²) >= 11 is -2.05. The molecule has 1 unspecified atom stereocenters. The van der Waals surface area contributed by atoms with E-state index in [0.29, 0.717) is 18.7 Å². The third kappa shape index (κ3) is 4.39. The van der Waals surface area contributed by atoms with E-state index >= 15 is 0 Å². The molecule has 0 bridgehead atoms. The second kappa shape index (κ2) is 8.70. The first-order chi connectivity index (χ1) is 14.5. The molecule has 0 aromatic heterocycles. The minimum Gasteiger partial charge on any atom is -0.593 e. The normalized spacial score (nSPS) is 16.3. The van der Waals surface area contributed by atoms with Crippen LogP contribution >= 0.6 is 0 Å². The first-order valence-electron chi connectivity index (χ1n) is 9.89. The Hall–Kier alpha value is -2.26. The van der Waals surface area contributed by atoms with Crippen molar-refractivity contribution in [1.82, 2.24) is 0 Å². The number of amides is 1. The number of anilines is 2. The molecule has 0 radical (unpaired) electrons. The monoisotopic (exact) mass is 456 g/mol. The van der Waals surface area contributed by atoms with Gasteiger partial charge in [0.25, 0.3) is 0 Å². The lowest BCUT2D eigenvalue weighted by molar-refractivity contribution is -0.120. The van der Waals surface area contributed by atoms with E-state index in [0.717, 1.165) is 24.6 Å². The zero-order valence-corrected chi connectivity index (χ0v) is 18.6. The van der Waals surface area contributed by atoms with Crippen LogP contribution in [0.15, 0.2) is 18.2 Å². The summed E-state index contributed by atoms with van der Waals surface area (Å²) in [5, 5.41) is 0. The lowest BCUT2D eigenvalue weighted by atomic mass is 9.77. The van der Waals surface area contributed by atoms with Crippen molar-refractivity contribution in [2.75, 3.05) is 16.2 Å². The molecule has 2 aromatic carbocycles. The van der Waals surface area contributed by atoms with Gasteiger partial charge in [-0.15, -0.1) is 0 Å². The summed E-state index contributed by atoms with van der Waals surface area (Å²) in [5.41, 5.74) is -0.0986. The summed E-state index contributed by atoms with van der Waals surface area (Å²) in [7, 11) is 0. The van der Waals surface area contributed by atoms with Crippen molar-refractivity contribution in [3.05, 3.63) is 58.2 Å². The molecule has 0 spiro atoms. The molecular weight excluding hydrogens is 432 g/mol. The maximum Gasteiger partial charge on any atom is 0.227 e. The lowest BCUT2D eigenvalue weighted by Crippen LogP contribution is -2.42. The number of halogens is 4. The summed E-state index contributed by atoms with van der Waals surface area (Å²) in [4.78, 5) is 14.2. The Kier molecular flexibility index (Phi) is 6.57. The van der Waals surface area contributed by atoms with Crippen LogP contribution in [0.4, 0.5) is 28.9 Å². The van der Waals surface area contributed by atoms with Gasteiger partial charge in [0.2, 0.25) is 5.91 Å². The number of benzene rings is 2. The number of fused-ring (bicyclic) bond motifs is 1. The van der Waals surface area contributed by atoms with Gasteiger partial charge in [-0.25, -0.2) is 22.3 Å². The molecule has 1 atom stereocenters. The van der Waals surface area contributed by atoms with E-state index in [4.69, 9.17) is 0 Å². The second-order valence-electron chi connectivity index (χ2n) is 8.29. The van der Waals surface area contributed by atoms with Crippen LogP contribution in [0.25, 0.3) is 0 Å².